The van der Waals surface area contributed by atoms with Gasteiger partial charge in [0.15, 0.2) is 0 Å². The molecule has 0 aromatic heterocycles. The summed E-state index contributed by atoms with van der Waals surface area (Å²) in [6.45, 7) is 0. The molecule has 0 aliphatic heterocycles. The first kappa shape index (κ1) is 15.8. The molecule has 1 rings (SSSR count). The summed E-state index contributed by atoms with van der Waals surface area (Å²) in [5, 5.41) is 11.3. The molecule has 0 heterocycles. The Labute approximate surface area is 118 Å². The van der Waals surface area contributed by atoms with Gasteiger partial charge in [-0.25, -0.2) is 0 Å². The number of ether oxygens (including phenoxy) is 1. The molecule has 0 atom stereocenters. The second-order valence-electron chi connectivity index (χ2n) is 3.59. The zero-order valence-electron chi connectivity index (χ0n) is 10.3. The van der Waals surface area contributed by atoms with Crippen LogP contribution in [0.4, 0.5) is 18.9 Å². The molecule has 1 aromatic carbocycles. The Morgan fingerprint density at radius 2 is 2.15 bits per heavy atom. The number of rotatable bonds is 4. The minimum atomic E-state index is -4.48. The molecular weight excluding hydrogens is 291 g/mol. The topological polar surface area (TPSA) is 71.1 Å². The van der Waals surface area contributed by atoms with Crippen LogP contribution in [0.1, 0.15) is 5.56 Å². The minimum Gasteiger partial charge on any atom is -0.495 e. The number of hydrogen-bond donors (Lipinski definition) is 2. The number of thiocarbonyl (C=S) groups is 1. The van der Waals surface area contributed by atoms with Crippen molar-refractivity contribution in [3.8, 4) is 11.8 Å². The second-order valence-corrected chi connectivity index (χ2v) is 4.03. The number of methoxy groups -OCH3 is 1. The zero-order chi connectivity index (χ0) is 15.3. The van der Waals surface area contributed by atoms with E-state index in [0.29, 0.717) is 0 Å². The van der Waals surface area contributed by atoms with Crippen LogP contribution in [0.5, 0.6) is 5.75 Å². The van der Waals surface area contributed by atoms with Gasteiger partial charge in [-0.15, -0.1) is 0 Å². The van der Waals surface area contributed by atoms with E-state index in [1.807, 2.05) is 0 Å². The Morgan fingerprint density at radius 1 is 1.50 bits per heavy atom. The van der Waals surface area contributed by atoms with Crippen LogP contribution in [-0.4, -0.2) is 12.1 Å². The predicted molar refractivity (Wildman–Crippen MR) is 72.1 cm³/mol. The summed E-state index contributed by atoms with van der Waals surface area (Å²) in [6, 6.07) is 4.66. The molecule has 0 unspecified atom stereocenters. The van der Waals surface area contributed by atoms with Crippen molar-refractivity contribution in [3.05, 3.63) is 35.5 Å². The van der Waals surface area contributed by atoms with Crippen LogP contribution in [0.2, 0.25) is 0 Å². The van der Waals surface area contributed by atoms with Crippen molar-refractivity contribution in [2.45, 2.75) is 6.18 Å². The summed E-state index contributed by atoms with van der Waals surface area (Å²) in [4.78, 5) is -0.161. The third kappa shape index (κ3) is 3.86. The number of nitrogens with zero attached hydrogens (tertiary/aromatic N) is 1. The standard InChI is InChI=1S/C12H10F3N3OS/c1-19-10-3-2-8(12(13,14)15)4-9(10)18-6-7(5-16)11(17)20/h2-4,6,18H,1H3,(H2,17,20). The van der Waals surface area contributed by atoms with Gasteiger partial charge in [-0.3, -0.25) is 0 Å². The molecule has 0 amide bonds. The van der Waals surface area contributed by atoms with E-state index in [9.17, 15) is 13.2 Å². The van der Waals surface area contributed by atoms with Crippen molar-refractivity contribution >= 4 is 22.9 Å². The smallest absolute Gasteiger partial charge is 0.416 e. The van der Waals surface area contributed by atoms with E-state index in [1.54, 1.807) is 6.07 Å². The third-order valence-corrected chi connectivity index (χ3v) is 2.50. The summed E-state index contributed by atoms with van der Waals surface area (Å²) in [5.74, 6) is 0.189. The highest BCUT2D eigenvalue weighted by Crippen LogP contribution is 2.34. The van der Waals surface area contributed by atoms with Crippen molar-refractivity contribution in [2.75, 3.05) is 12.4 Å². The van der Waals surface area contributed by atoms with Crippen molar-refractivity contribution in [2.24, 2.45) is 5.73 Å². The van der Waals surface area contributed by atoms with Crippen molar-refractivity contribution in [1.82, 2.24) is 0 Å². The van der Waals surface area contributed by atoms with E-state index < -0.39 is 11.7 Å². The summed E-state index contributed by atoms with van der Waals surface area (Å²) in [6.07, 6.45) is -3.35. The zero-order valence-corrected chi connectivity index (χ0v) is 11.1. The Bertz CT molecular complexity index is 591. The molecule has 8 heteroatoms. The molecule has 0 fully saturated rings. The van der Waals surface area contributed by atoms with Crippen molar-refractivity contribution in [1.29, 1.82) is 5.26 Å². The number of hydrogen-bond acceptors (Lipinski definition) is 4. The normalized spacial score (nSPS) is 11.7. The van der Waals surface area contributed by atoms with Gasteiger partial charge in [-0.1, -0.05) is 12.2 Å². The summed E-state index contributed by atoms with van der Waals surface area (Å²) in [7, 11) is 1.32. The molecule has 0 aliphatic rings. The Kier molecular flexibility index (Phi) is 4.94. The van der Waals surface area contributed by atoms with Crippen LogP contribution in [-0.2, 0) is 6.18 Å². The van der Waals surface area contributed by atoms with E-state index in [1.165, 1.54) is 13.2 Å². The lowest BCUT2D eigenvalue weighted by Crippen LogP contribution is -2.11. The number of anilines is 1. The van der Waals surface area contributed by atoms with Gasteiger partial charge in [0.25, 0.3) is 0 Å². The number of benzene rings is 1. The third-order valence-electron chi connectivity index (χ3n) is 2.28. The van der Waals surface area contributed by atoms with Gasteiger partial charge in [0, 0.05) is 6.20 Å². The highest BCUT2D eigenvalue weighted by atomic mass is 32.1. The van der Waals surface area contributed by atoms with E-state index in [-0.39, 0.29) is 22.0 Å². The van der Waals surface area contributed by atoms with Crippen molar-refractivity contribution < 1.29 is 17.9 Å². The maximum absolute atomic E-state index is 12.6. The average molecular weight is 301 g/mol. The molecule has 0 saturated carbocycles. The van der Waals surface area contributed by atoms with Crippen LogP contribution in [0.25, 0.3) is 0 Å². The fourth-order valence-corrected chi connectivity index (χ4v) is 1.41. The van der Waals surface area contributed by atoms with Gasteiger partial charge >= 0.3 is 6.18 Å². The van der Waals surface area contributed by atoms with Crippen LogP contribution in [0, 0.1) is 11.3 Å². The molecule has 0 bridgehead atoms. The predicted octanol–water partition coefficient (Wildman–Crippen LogP) is 2.82. The Hall–Kier alpha value is -2.27. The fraction of sp³-hybridized carbons (Fsp3) is 0.167. The van der Waals surface area contributed by atoms with Gasteiger partial charge in [0.1, 0.15) is 22.4 Å². The van der Waals surface area contributed by atoms with Gasteiger partial charge in [-0.05, 0) is 18.2 Å². The molecule has 0 spiro atoms. The quantitative estimate of drug-likeness (QED) is 0.508. The molecule has 4 nitrogen and oxygen atoms in total. The summed E-state index contributed by atoms with van der Waals surface area (Å²) < 4.78 is 42.8. The molecule has 0 radical (unpaired) electrons. The van der Waals surface area contributed by atoms with Gasteiger partial charge in [0.05, 0.1) is 18.4 Å². The lowest BCUT2D eigenvalue weighted by molar-refractivity contribution is -0.137. The molecule has 106 valence electrons. The van der Waals surface area contributed by atoms with E-state index >= 15 is 0 Å². The number of nitrogens with one attached hydrogen (secondary N) is 1. The van der Waals surface area contributed by atoms with Gasteiger partial charge < -0.3 is 15.8 Å². The monoisotopic (exact) mass is 301 g/mol. The second kappa shape index (κ2) is 6.25. The van der Waals surface area contributed by atoms with Gasteiger partial charge in [0.2, 0.25) is 0 Å². The molecule has 0 aliphatic carbocycles. The van der Waals surface area contributed by atoms with Crippen molar-refractivity contribution in [3.63, 3.8) is 0 Å². The van der Waals surface area contributed by atoms with Crippen LogP contribution >= 0.6 is 12.2 Å². The first-order valence-electron chi connectivity index (χ1n) is 5.21. The highest BCUT2D eigenvalue weighted by Gasteiger charge is 2.31. The van der Waals surface area contributed by atoms with Crippen LogP contribution < -0.4 is 15.8 Å². The highest BCUT2D eigenvalue weighted by molar-refractivity contribution is 7.80. The number of nitrogens with two attached hydrogens (primary N) is 1. The number of nitriles is 1. The Morgan fingerprint density at radius 3 is 2.60 bits per heavy atom. The maximum Gasteiger partial charge on any atom is 0.416 e. The summed E-state index contributed by atoms with van der Waals surface area (Å²) in [5.41, 5.74) is 4.42. The molecule has 3 N–H and O–H groups in total. The first-order valence-corrected chi connectivity index (χ1v) is 5.62. The number of alkyl halides is 3. The Balaban J connectivity index is 3.16. The van der Waals surface area contributed by atoms with E-state index in [4.69, 9.17) is 15.7 Å². The molecular formula is C12H10F3N3OS. The van der Waals surface area contributed by atoms with Crippen LogP contribution in [0.3, 0.4) is 0 Å². The van der Waals surface area contributed by atoms with Gasteiger partial charge in [-0.2, -0.15) is 18.4 Å². The molecule has 20 heavy (non-hydrogen) atoms. The largest absolute Gasteiger partial charge is 0.495 e. The minimum absolute atomic E-state index is 0.0475. The molecule has 1 aromatic rings. The fourth-order valence-electron chi connectivity index (χ4n) is 1.31. The van der Waals surface area contributed by atoms with E-state index in [2.05, 4.69) is 17.5 Å². The van der Waals surface area contributed by atoms with Crippen LogP contribution in [0.15, 0.2) is 30.0 Å². The summed E-state index contributed by atoms with van der Waals surface area (Å²) >= 11 is 4.61. The maximum atomic E-state index is 12.6. The first-order chi connectivity index (χ1) is 9.29. The number of halogens is 3. The van der Waals surface area contributed by atoms with E-state index in [0.717, 1.165) is 18.3 Å². The lowest BCUT2D eigenvalue weighted by Gasteiger charge is -2.12. The lowest BCUT2D eigenvalue weighted by atomic mass is 10.1. The molecule has 0 saturated heterocycles. The SMILES string of the molecule is COc1ccc(C(F)(F)F)cc1NC=C(C#N)C(N)=S. The average Bonchev–Trinajstić information content (AvgIpc) is 2.37.